The summed E-state index contributed by atoms with van der Waals surface area (Å²) in [4.78, 5) is 4.11. The zero-order chi connectivity index (χ0) is 11.3. The van der Waals surface area contributed by atoms with Gasteiger partial charge in [-0.3, -0.25) is 4.98 Å². The molecule has 0 bridgehead atoms. The van der Waals surface area contributed by atoms with Crippen LogP contribution in [0.2, 0.25) is 0 Å². The average Bonchev–Trinajstić information content (AvgIpc) is 2.20. The molecular formula is C12H21N3. The lowest BCUT2D eigenvalue weighted by Gasteiger charge is -2.22. The van der Waals surface area contributed by atoms with Gasteiger partial charge in [-0.05, 0) is 30.5 Å². The monoisotopic (exact) mass is 207 g/mol. The summed E-state index contributed by atoms with van der Waals surface area (Å²) in [7, 11) is 0. The van der Waals surface area contributed by atoms with Crippen LogP contribution in [0.1, 0.15) is 26.3 Å². The Labute approximate surface area is 92.1 Å². The number of nitrogens with two attached hydrogens (primary N) is 1. The fourth-order valence-electron chi connectivity index (χ4n) is 1.65. The molecule has 0 aliphatic carbocycles. The first-order valence-corrected chi connectivity index (χ1v) is 5.56. The fraction of sp³-hybridized carbons (Fsp3) is 0.583. The Morgan fingerprint density at radius 2 is 2.20 bits per heavy atom. The molecule has 1 rings (SSSR count). The molecule has 1 unspecified atom stereocenters. The minimum Gasteiger partial charge on any atom is -0.398 e. The number of hydrogen-bond acceptors (Lipinski definition) is 3. The second kappa shape index (κ2) is 5.71. The lowest BCUT2D eigenvalue weighted by molar-refractivity contribution is 0.405. The van der Waals surface area contributed by atoms with E-state index in [0.29, 0.717) is 12.0 Å². The highest BCUT2D eigenvalue weighted by Gasteiger charge is 2.13. The molecule has 1 atom stereocenters. The molecule has 84 valence electrons. The van der Waals surface area contributed by atoms with Gasteiger partial charge in [0.05, 0.1) is 0 Å². The SMILES string of the molecule is CCNC(Cc1cnccc1N)C(C)C. The zero-order valence-corrected chi connectivity index (χ0v) is 9.83. The van der Waals surface area contributed by atoms with Crippen LogP contribution in [0.5, 0.6) is 0 Å². The molecular weight excluding hydrogens is 186 g/mol. The quantitative estimate of drug-likeness (QED) is 0.774. The summed E-state index contributed by atoms with van der Waals surface area (Å²) in [5.74, 6) is 0.601. The summed E-state index contributed by atoms with van der Waals surface area (Å²) < 4.78 is 0. The predicted octanol–water partition coefficient (Wildman–Crippen LogP) is 1.84. The Morgan fingerprint density at radius 3 is 2.73 bits per heavy atom. The first-order chi connectivity index (χ1) is 7.15. The highest BCUT2D eigenvalue weighted by atomic mass is 14.9. The molecule has 0 saturated carbocycles. The van der Waals surface area contributed by atoms with E-state index in [1.807, 2.05) is 12.3 Å². The second-order valence-electron chi connectivity index (χ2n) is 4.19. The normalized spacial score (nSPS) is 13.1. The van der Waals surface area contributed by atoms with Crippen LogP contribution in [0, 0.1) is 5.92 Å². The third-order valence-electron chi connectivity index (χ3n) is 2.65. The highest BCUT2D eigenvalue weighted by molar-refractivity contribution is 5.44. The smallest absolute Gasteiger partial charge is 0.0378 e. The van der Waals surface area contributed by atoms with Crippen molar-refractivity contribution in [3.05, 3.63) is 24.0 Å². The molecule has 15 heavy (non-hydrogen) atoms. The van der Waals surface area contributed by atoms with Gasteiger partial charge in [0, 0.05) is 24.1 Å². The van der Waals surface area contributed by atoms with E-state index in [9.17, 15) is 0 Å². The minimum absolute atomic E-state index is 0.474. The van der Waals surface area contributed by atoms with E-state index in [1.54, 1.807) is 6.20 Å². The van der Waals surface area contributed by atoms with Crippen molar-refractivity contribution in [1.29, 1.82) is 0 Å². The van der Waals surface area contributed by atoms with E-state index >= 15 is 0 Å². The van der Waals surface area contributed by atoms with Crippen LogP contribution in [-0.4, -0.2) is 17.6 Å². The molecule has 1 heterocycles. The summed E-state index contributed by atoms with van der Waals surface area (Å²) in [5, 5.41) is 3.47. The summed E-state index contributed by atoms with van der Waals surface area (Å²) in [6.07, 6.45) is 4.55. The number of nitrogen functional groups attached to an aromatic ring is 1. The van der Waals surface area contributed by atoms with Gasteiger partial charge in [0.15, 0.2) is 0 Å². The van der Waals surface area contributed by atoms with Crippen molar-refractivity contribution in [2.45, 2.75) is 33.2 Å². The third-order valence-corrected chi connectivity index (χ3v) is 2.65. The van der Waals surface area contributed by atoms with E-state index in [4.69, 9.17) is 5.73 Å². The number of pyridine rings is 1. The van der Waals surface area contributed by atoms with Crippen LogP contribution in [0.15, 0.2) is 18.5 Å². The summed E-state index contributed by atoms with van der Waals surface area (Å²) in [6.45, 7) is 7.56. The van der Waals surface area contributed by atoms with Gasteiger partial charge in [0.25, 0.3) is 0 Å². The van der Waals surface area contributed by atoms with Crippen LogP contribution in [0.25, 0.3) is 0 Å². The maximum atomic E-state index is 5.90. The molecule has 0 aromatic carbocycles. The number of rotatable bonds is 5. The van der Waals surface area contributed by atoms with Crippen molar-refractivity contribution in [3.8, 4) is 0 Å². The Hall–Kier alpha value is -1.09. The molecule has 3 N–H and O–H groups in total. The van der Waals surface area contributed by atoms with Crippen molar-refractivity contribution in [2.75, 3.05) is 12.3 Å². The van der Waals surface area contributed by atoms with Gasteiger partial charge in [-0.15, -0.1) is 0 Å². The number of nitrogens with one attached hydrogen (secondary N) is 1. The number of nitrogens with zero attached hydrogens (tertiary/aromatic N) is 1. The van der Waals surface area contributed by atoms with Crippen molar-refractivity contribution in [1.82, 2.24) is 10.3 Å². The molecule has 1 aromatic heterocycles. The van der Waals surface area contributed by atoms with Crippen molar-refractivity contribution < 1.29 is 0 Å². The molecule has 1 aromatic rings. The lowest BCUT2D eigenvalue weighted by atomic mass is 9.96. The number of aromatic nitrogens is 1. The summed E-state index contributed by atoms with van der Waals surface area (Å²) in [5.41, 5.74) is 7.87. The largest absolute Gasteiger partial charge is 0.398 e. The minimum atomic E-state index is 0.474. The van der Waals surface area contributed by atoms with E-state index in [1.165, 1.54) is 0 Å². The summed E-state index contributed by atoms with van der Waals surface area (Å²) in [6, 6.07) is 2.33. The van der Waals surface area contributed by atoms with Gasteiger partial charge >= 0.3 is 0 Å². The van der Waals surface area contributed by atoms with Crippen molar-refractivity contribution >= 4 is 5.69 Å². The summed E-state index contributed by atoms with van der Waals surface area (Å²) >= 11 is 0. The number of likely N-dealkylation sites (N-methyl/N-ethyl adjacent to an activating group) is 1. The van der Waals surface area contributed by atoms with Gasteiger partial charge in [-0.2, -0.15) is 0 Å². The zero-order valence-electron chi connectivity index (χ0n) is 9.83. The van der Waals surface area contributed by atoms with Gasteiger partial charge in [0.2, 0.25) is 0 Å². The third kappa shape index (κ3) is 3.51. The van der Waals surface area contributed by atoms with Crippen molar-refractivity contribution in [3.63, 3.8) is 0 Å². The molecule has 0 radical (unpaired) electrons. The average molecular weight is 207 g/mol. The Bertz CT molecular complexity index is 297. The Kier molecular flexibility index (Phi) is 4.56. The lowest BCUT2D eigenvalue weighted by Crippen LogP contribution is -2.35. The number of anilines is 1. The van der Waals surface area contributed by atoms with Gasteiger partial charge < -0.3 is 11.1 Å². The molecule has 0 aliphatic heterocycles. The Morgan fingerprint density at radius 1 is 1.47 bits per heavy atom. The van der Waals surface area contributed by atoms with Gasteiger partial charge in [0.1, 0.15) is 0 Å². The van der Waals surface area contributed by atoms with E-state index in [-0.39, 0.29) is 0 Å². The number of hydrogen-bond donors (Lipinski definition) is 2. The predicted molar refractivity (Wildman–Crippen MR) is 64.7 cm³/mol. The van der Waals surface area contributed by atoms with E-state index in [2.05, 4.69) is 31.1 Å². The van der Waals surface area contributed by atoms with E-state index in [0.717, 1.165) is 24.2 Å². The van der Waals surface area contributed by atoms with Crippen LogP contribution >= 0.6 is 0 Å². The van der Waals surface area contributed by atoms with Gasteiger partial charge in [-0.1, -0.05) is 20.8 Å². The first kappa shape index (κ1) is 12.0. The van der Waals surface area contributed by atoms with Crippen LogP contribution in [-0.2, 0) is 6.42 Å². The molecule has 3 nitrogen and oxygen atoms in total. The Balaban J connectivity index is 2.69. The van der Waals surface area contributed by atoms with Crippen LogP contribution in [0.3, 0.4) is 0 Å². The standard InChI is InChI=1S/C12H21N3/c1-4-15-12(9(2)3)7-10-8-14-6-5-11(10)13/h5-6,8-9,12,15H,4,7H2,1-3H3,(H2,13,14). The molecule has 0 spiro atoms. The van der Waals surface area contributed by atoms with E-state index < -0.39 is 0 Å². The first-order valence-electron chi connectivity index (χ1n) is 5.56. The molecule has 0 saturated heterocycles. The molecule has 0 aliphatic rings. The van der Waals surface area contributed by atoms with Gasteiger partial charge in [-0.25, -0.2) is 0 Å². The van der Waals surface area contributed by atoms with Crippen LogP contribution in [0.4, 0.5) is 5.69 Å². The maximum Gasteiger partial charge on any atom is 0.0378 e. The molecule has 0 fully saturated rings. The van der Waals surface area contributed by atoms with Crippen LogP contribution < -0.4 is 11.1 Å². The maximum absolute atomic E-state index is 5.90. The molecule has 0 amide bonds. The van der Waals surface area contributed by atoms with Crippen molar-refractivity contribution in [2.24, 2.45) is 5.92 Å². The highest BCUT2D eigenvalue weighted by Crippen LogP contribution is 2.14. The molecule has 3 heteroatoms. The topological polar surface area (TPSA) is 50.9 Å². The second-order valence-corrected chi connectivity index (χ2v) is 4.19. The fourth-order valence-corrected chi connectivity index (χ4v) is 1.65.